The summed E-state index contributed by atoms with van der Waals surface area (Å²) in [5, 5.41) is 3.78. The highest BCUT2D eigenvalue weighted by Crippen LogP contribution is 2.32. The summed E-state index contributed by atoms with van der Waals surface area (Å²) in [7, 11) is 0. The number of anilines is 1. The first-order valence-electron chi connectivity index (χ1n) is 9.65. The first kappa shape index (κ1) is 18.1. The van der Waals surface area contributed by atoms with Gasteiger partial charge >= 0.3 is 0 Å². The number of aromatic nitrogens is 1. The Labute approximate surface area is 163 Å². The highest BCUT2D eigenvalue weighted by molar-refractivity contribution is 6.31. The number of amides is 1. The maximum absolute atomic E-state index is 13.1. The highest BCUT2D eigenvalue weighted by atomic mass is 35.5. The molecule has 27 heavy (non-hydrogen) atoms. The van der Waals surface area contributed by atoms with Gasteiger partial charge in [0.05, 0.1) is 5.02 Å². The molecule has 1 amide bonds. The van der Waals surface area contributed by atoms with Crippen molar-refractivity contribution in [2.75, 3.05) is 25.0 Å². The van der Waals surface area contributed by atoms with Gasteiger partial charge in [0.1, 0.15) is 11.7 Å². The molecule has 1 saturated heterocycles. The van der Waals surface area contributed by atoms with Crippen LogP contribution in [0.2, 0.25) is 5.02 Å². The summed E-state index contributed by atoms with van der Waals surface area (Å²) in [6.07, 6.45) is 4.22. The molecule has 2 aliphatic heterocycles. The van der Waals surface area contributed by atoms with E-state index in [2.05, 4.69) is 17.4 Å². The Morgan fingerprint density at radius 1 is 1.19 bits per heavy atom. The fourth-order valence-electron chi connectivity index (χ4n) is 4.11. The predicted molar refractivity (Wildman–Crippen MR) is 108 cm³/mol. The molecule has 0 bridgehead atoms. The quantitative estimate of drug-likeness (QED) is 0.859. The number of likely N-dealkylation sites (tertiary alicyclic amines) is 1. The Hall–Kier alpha value is -2.27. The number of carbonyl (C=O) groups is 1. The molecular weight excluding hydrogens is 362 g/mol. The zero-order chi connectivity index (χ0) is 18.8. The standard InChI is InChI=1S/C21H24ClN3O2/c22-16-14-17(23-11-10-15-6-2-1-3-7-15)20(26)25-18(16)8-9-19(25)21(27)24-12-4-5-13-24/h1-3,6-7,14,19,23H,4-5,8-13H2/t19-/m0/s1. The number of benzene rings is 1. The number of pyridine rings is 1. The summed E-state index contributed by atoms with van der Waals surface area (Å²) in [4.78, 5) is 27.8. The number of nitrogens with zero attached hydrogens (tertiary/aromatic N) is 2. The largest absolute Gasteiger partial charge is 0.380 e. The number of fused-ring (bicyclic) bond motifs is 1. The zero-order valence-electron chi connectivity index (χ0n) is 15.3. The van der Waals surface area contributed by atoms with Gasteiger partial charge in [0.15, 0.2) is 0 Å². The van der Waals surface area contributed by atoms with E-state index >= 15 is 0 Å². The number of carbonyl (C=O) groups excluding carboxylic acids is 1. The molecule has 0 unspecified atom stereocenters. The zero-order valence-corrected chi connectivity index (χ0v) is 16.0. The van der Waals surface area contributed by atoms with Crippen LogP contribution in [0.15, 0.2) is 41.2 Å². The van der Waals surface area contributed by atoms with E-state index in [0.717, 1.165) is 38.0 Å². The molecule has 1 N–H and O–H groups in total. The van der Waals surface area contributed by atoms with Crippen molar-refractivity contribution in [1.82, 2.24) is 9.47 Å². The van der Waals surface area contributed by atoms with Gasteiger partial charge in [-0.15, -0.1) is 0 Å². The van der Waals surface area contributed by atoms with E-state index in [1.807, 2.05) is 23.1 Å². The average molecular weight is 386 g/mol. The first-order valence-corrected chi connectivity index (χ1v) is 10.0. The molecular formula is C21H24ClN3O2. The van der Waals surface area contributed by atoms with Crippen LogP contribution in [0, 0.1) is 0 Å². The molecule has 2 aromatic rings. The molecule has 142 valence electrons. The Morgan fingerprint density at radius 3 is 2.67 bits per heavy atom. The maximum atomic E-state index is 13.1. The van der Waals surface area contributed by atoms with E-state index in [0.29, 0.717) is 30.1 Å². The molecule has 0 spiro atoms. The Morgan fingerprint density at radius 2 is 1.93 bits per heavy atom. The first-order chi connectivity index (χ1) is 13.1. The van der Waals surface area contributed by atoms with Gasteiger partial charge in [0.2, 0.25) is 5.91 Å². The molecule has 3 heterocycles. The van der Waals surface area contributed by atoms with Crippen LogP contribution in [-0.2, 0) is 17.6 Å². The Balaban J connectivity index is 1.54. The number of hydrogen-bond acceptors (Lipinski definition) is 3. The topological polar surface area (TPSA) is 54.3 Å². The molecule has 0 radical (unpaired) electrons. The van der Waals surface area contributed by atoms with E-state index in [1.54, 1.807) is 10.6 Å². The van der Waals surface area contributed by atoms with Crippen LogP contribution in [0.4, 0.5) is 5.69 Å². The van der Waals surface area contributed by atoms with Gasteiger partial charge in [-0.05, 0) is 43.7 Å². The summed E-state index contributed by atoms with van der Waals surface area (Å²) in [5.74, 6) is 0.0610. The molecule has 1 atom stereocenters. The van der Waals surface area contributed by atoms with Crippen LogP contribution in [0.1, 0.15) is 36.6 Å². The monoisotopic (exact) mass is 385 g/mol. The van der Waals surface area contributed by atoms with Crippen molar-refractivity contribution in [1.29, 1.82) is 0 Å². The third-order valence-electron chi connectivity index (χ3n) is 5.53. The molecule has 0 aliphatic carbocycles. The van der Waals surface area contributed by atoms with Gasteiger partial charge in [0.25, 0.3) is 5.56 Å². The van der Waals surface area contributed by atoms with Crippen LogP contribution in [0.25, 0.3) is 0 Å². The molecule has 1 aromatic heterocycles. The molecule has 1 fully saturated rings. The lowest BCUT2D eigenvalue weighted by Crippen LogP contribution is -2.38. The molecule has 6 heteroatoms. The third-order valence-corrected chi connectivity index (χ3v) is 5.86. The fourth-order valence-corrected chi connectivity index (χ4v) is 4.40. The van der Waals surface area contributed by atoms with Gasteiger partial charge in [-0.1, -0.05) is 41.9 Å². The van der Waals surface area contributed by atoms with E-state index in [-0.39, 0.29) is 11.5 Å². The van der Waals surface area contributed by atoms with Gasteiger partial charge in [-0.2, -0.15) is 0 Å². The molecule has 0 saturated carbocycles. The second-order valence-corrected chi connectivity index (χ2v) is 7.68. The lowest BCUT2D eigenvalue weighted by Gasteiger charge is -2.22. The van der Waals surface area contributed by atoms with E-state index in [9.17, 15) is 9.59 Å². The number of halogens is 1. The summed E-state index contributed by atoms with van der Waals surface area (Å²) in [6, 6.07) is 11.4. The van der Waals surface area contributed by atoms with Gasteiger partial charge < -0.3 is 10.2 Å². The summed E-state index contributed by atoms with van der Waals surface area (Å²) < 4.78 is 1.63. The van der Waals surface area contributed by atoms with Crippen molar-refractivity contribution in [2.45, 2.75) is 38.1 Å². The number of rotatable bonds is 5. The second-order valence-electron chi connectivity index (χ2n) is 7.28. The van der Waals surface area contributed by atoms with Crippen molar-refractivity contribution in [3.63, 3.8) is 0 Å². The van der Waals surface area contributed by atoms with E-state index in [4.69, 9.17) is 11.6 Å². The maximum Gasteiger partial charge on any atom is 0.274 e. The SMILES string of the molecule is O=C([C@@H]1CCc2c(Cl)cc(NCCc3ccccc3)c(=O)n21)N1CCCC1. The van der Waals surface area contributed by atoms with E-state index in [1.165, 1.54) is 5.56 Å². The van der Waals surface area contributed by atoms with Gasteiger partial charge in [-0.25, -0.2) is 0 Å². The molecule has 2 aliphatic rings. The lowest BCUT2D eigenvalue weighted by molar-refractivity contribution is -0.133. The lowest BCUT2D eigenvalue weighted by atomic mass is 10.1. The normalized spacial score (nSPS) is 18.6. The van der Waals surface area contributed by atoms with Crippen molar-refractivity contribution in [2.24, 2.45) is 0 Å². The van der Waals surface area contributed by atoms with Crippen LogP contribution in [0.3, 0.4) is 0 Å². The minimum atomic E-state index is -0.418. The average Bonchev–Trinajstić information content (AvgIpc) is 3.36. The van der Waals surface area contributed by atoms with Crippen LogP contribution < -0.4 is 10.9 Å². The number of hydrogen-bond donors (Lipinski definition) is 1. The predicted octanol–water partition coefficient (Wildman–Crippen LogP) is 3.27. The van der Waals surface area contributed by atoms with Crippen molar-refractivity contribution in [3.05, 3.63) is 63.0 Å². The Bertz CT molecular complexity index is 888. The van der Waals surface area contributed by atoms with E-state index < -0.39 is 6.04 Å². The van der Waals surface area contributed by atoms with Crippen molar-refractivity contribution < 1.29 is 4.79 Å². The molecule has 4 rings (SSSR count). The van der Waals surface area contributed by atoms with Crippen LogP contribution in [0.5, 0.6) is 0 Å². The smallest absolute Gasteiger partial charge is 0.274 e. The van der Waals surface area contributed by atoms with Gasteiger partial charge in [-0.3, -0.25) is 14.2 Å². The second kappa shape index (κ2) is 7.77. The summed E-state index contributed by atoms with van der Waals surface area (Å²) in [5.41, 5.74) is 2.32. The molecule has 1 aromatic carbocycles. The molecule has 5 nitrogen and oxygen atoms in total. The highest BCUT2D eigenvalue weighted by Gasteiger charge is 2.35. The van der Waals surface area contributed by atoms with Crippen LogP contribution >= 0.6 is 11.6 Å². The summed E-state index contributed by atoms with van der Waals surface area (Å²) in [6.45, 7) is 2.23. The summed E-state index contributed by atoms with van der Waals surface area (Å²) >= 11 is 6.45. The minimum absolute atomic E-state index is 0.0610. The third kappa shape index (κ3) is 3.61. The number of nitrogens with one attached hydrogen (secondary N) is 1. The minimum Gasteiger partial charge on any atom is -0.380 e. The Kier molecular flexibility index (Phi) is 5.21. The van der Waals surface area contributed by atoms with Crippen molar-refractivity contribution in [3.8, 4) is 0 Å². The fraction of sp³-hybridized carbons (Fsp3) is 0.429. The van der Waals surface area contributed by atoms with Gasteiger partial charge in [0, 0.05) is 25.3 Å². The van der Waals surface area contributed by atoms with Crippen LogP contribution in [-0.4, -0.2) is 35.0 Å². The van der Waals surface area contributed by atoms with Crippen molar-refractivity contribution >= 4 is 23.2 Å².